The van der Waals surface area contributed by atoms with E-state index in [1.807, 2.05) is 0 Å². The molecule has 1 aromatic rings. The van der Waals surface area contributed by atoms with Crippen LogP contribution in [0, 0.1) is 0 Å². The number of hydrogen-bond donors (Lipinski definition) is 3. The largest absolute Gasteiger partial charge is 0.497 e. The minimum atomic E-state index is -1.60. The predicted molar refractivity (Wildman–Crippen MR) is 53.5 cm³/mol. The SMILES string of the molecule is COc1ccc(C(C)O)c(B(O)O)c1. The lowest BCUT2D eigenvalue weighted by Crippen LogP contribution is -2.33. The molecule has 0 aliphatic rings. The number of aliphatic hydroxyl groups excluding tert-OH is 1. The molecular formula is C9H13BO4. The van der Waals surface area contributed by atoms with Crippen LogP contribution in [0.3, 0.4) is 0 Å². The highest BCUT2D eigenvalue weighted by molar-refractivity contribution is 6.59. The molecule has 0 saturated carbocycles. The van der Waals surface area contributed by atoms with Gasteiger partial charge < -0.3 is 19.9 Å². The zero-order chi connectivity index (χ0) is 10.7. The van der Waals surface area contributed by atoms with Gasteiger partial charge in [0.25, 0.3) is 0 Å². The van der Waals surface area contributed by atoms with Crippen LogP contribution in [0.25, 0.3) is 0 Å². The number of benzene rings is 1. The van der Waals surface area contributed by atoms with Gasteiger partial charge >= 0.3 is 7.12 Å². The summed E-state index contributed by atoms with van der Waals surface area (Å²) in [6.45, 7) is 1.56. The Morgan fingerprint density at radius 2 is 2.00 bits per heavy atom. The monoisotopic (exact) mass is 196 g/mol. The van der Waals surface area contributed by atoms with Crippen molar-refractivity contribution in [2.24, 2.45) is 0 Å². The van der Waals surface area contributed by atoms with E-state index >= 15 is 0 Å². The molecule has 76 valence electrons. The van der Waals surface area contributed by atoms with E-state index in [1.54, 1.807) is 19.1 Å². The molecule has 0 radical (unpaired) electrons. The van der Waals surface area contributed by atoms with Crippen molar-refractivity contribution in [2.45, 2.75) is 13.0 Å². The number of hydrogen-bond acceptors (Lipinski definition) is 4. The molecule has 0 amide bonds. The Hall–Kier alpha value is -1.04. The molecule has 0 heterocycles. The third-order valence-corrected chi connectivity index (χ3v) is 2.02. The first-order valence-electron chi connectivity index (χ1n) is 4.28. The molecule has 0 aliphatic heterocycles. The summed E-state index contributed by atoms with van der Waals surface area (Å²) in [6.07, 6.45) is -0.738. The fourth-order valence-corrected chi connectivity index (χ4v) is 1.28. The van der Waals surface area contributed by atoms with Gasteiger partial charge in [-0.25, -0.2) is 0 Å². The molecule has 5 heteroatoms. The first-order valence-corrected chi connectivity index (χ1v) is 4.28. The standard InChI is InChI=1S/C9H13BO4/c1-6(11)8-4-3-7(14-2)5-9(8)10(12)13/h3-6,11-13H,1-2H3. The maximum absolute atomic E-state index is 9.35. The van der Waals surface area contributed by atoms with E-state index in [4.69, 9.17) is 14.8 Å². The van der Waals surface area contributed by atoms with Crippen LogP contribution in [0.5, 0.6) is 5.75 Å². The summed E-state index contributed by atoms with van der Waals surface area (Å²) in [7, 11) is -0.111. The van der Waals surface area contributed by atoms with E-state index in [-0.39, 0.29) is 5.46 Å². The van der Waals surface area contributed by atoms with Crippen LogP contribution < -0.4 is 10.2 Å². The lowest BCUT2D eigenvalue weighted by atomic mass is 9.76. The lowest BCUT2D eigenvalue weighted by Gasteiger charge is -2.12. The summed E-state index contributed by atoms with van der Waals surface area (Å²) in [6, 6.07) is 4.76. The van der Waals surface area contributed by atoms with Crippen molar-refractivity contribution in [2.75, 3.05) is 7.11 Å². The van der Waals surface area contributed by atoms with Gasteiger partial charge in [-0.1, -0.05) is 6.07 Å². The second-order valence-electron chi connectivity index (χ2n) is 3.04. The second-order valence-corrected chi connectivity index (χ2v) is 3.04. The maximum atomic E-state index is 9.35. The molecule has 1 rings (SSSR count). The van der Waals surface area contributed by atoms with E-state index in [9.17, 15) is 5.11 Å². The summed E-state index contributed by atoms with van der Waals surface area (Å²) < 4.78 is 4.94. The fourth-order valence-electron chi connectivity index (χ4n) is 1.28. The summed E-state index contributed by atoms with van der Waals surface area (Å²) in [5.41, 5.74) is 0.750. The molecule has 3 N–H and O–H groups in total. The van der Waals surface area contributed by atoms with Gasteiger partial charge in [0.15, 0.2) is 0 Å². The summed E-state index contributed by atoms with van der Waals surface area (Å²) in [5, 5.41) is 27.5. The van der Waals surface area contributed by atoms with Crippen LogP contribution in [0.15, 0.2) is 18.2 Å². The fraction of sp³-hybridized carbons (Fsp3) is 0.333. The van der Waals surface area contributed by atoms with E-state index in [0.717, 1.165) is 0 Å². The molecule has 0 aliphatic carbocycles. The first-order chi connectivity index (χ1) is 6.56. The molecule has 1 unspecified atom stereocenters. The van der Waals surface area contributed by atoms with Gasteiger partial charge in [0, 0.05) is 0 Å². The Labute approximate surface area is 82.9 Å². The van der Waals surface area contributed by atoms with Crippen molar-refractivity contribution in [3.05, 3.63) is 23.8 Å². The highest BCUT2D eigenvalue weighted by Crippen LogP contribution is 2.15. The van der Waals surface area contributed by atoms with Crippen molar-refractivity contribution >= 4 is 12.6 Å². The number of methoxy groups -OCH3 is 1. The van der Waals surface area contributed by atoms with Crippen molar-refractivity contribution in [1.82, 2.24) is 0 Å². The molecule has 1 atom stereocenters. The van der Waals surface area contributed by atoms with Crippen LogP contribution >= 0.6 is 0 Å². The Kier molecular flexibility index (Phi) is 3.52. The van der Waals surface area contributed by atoms with Gasteiger partial charge in [0.1, 0.15) is 5.75 Å². The number of rotatable bonds is 3. The molecule has 0 saturated heterocycles. The van der Waals surface area contributed by atoms with Gasteiger partial charge in [0.2, 0.25) is 0 Å². The Balaban J connectivity index is 3.17. The summed E-state index contributed by atoms with van der Waals surface area (Å²) in [4.78, 5) is 0. The molecule has 0 aromatic heterocycles. The molecule has 0 fully saturated rings. The predicted octanol–water partition coefficient (Wildman–Crippen LogP) is -0.572. The zero-order valence-corrected chi connectivity index (χ0v) is 8.14. The third-order valence-electron chi connectivity index (χ3n) is 2.02. The molecule has 1 aromatic carbocycles. The molecular weight excluding hydrogens is 183 g/mol. The topological polar surface area (TPSA) is 69.9 Å². The average molecular weight is 196 g/mol. The number of aliphatic hydroxyl groups is 1. The summed E-state index contributed by atoms with van der Waals surface area (Å²) in [5.74, 6) is 0.525. The molecule has 4 nitrogen and oxygen atoms in total. The van der Waals surface area contributed by atoms with Gasteiger partial charge in [0.05, 0.1) is 13.2 Å². The van der Waals surface area contributed by atoms with Crippen molar-refractivity contribution in [1.29, 1.82) is 0 Å². The highest BCUT2D eigenvalue weighted by atomic mass is 16.5. The summed E-state index contributed by atoms with van der Waals surface area (Å²) >= 11 is 0. The van der Waals surface area contributed by atoms with E-state index in [1.165, 1.54) is 13.2 Å². The smallest absolute Gasteiger partial charge is 0.488 e. The minimum Gasteiger partial charge on any atom is -0.497 e. The van der Waals surface area contributed by atoms with Gasteiger partial charge in [-0.2, -0.15) is 0 Å². The molecule has 0 spiro atoms. The molecule has 14 heavy (non-hydrogen) atoms. The van der Waals surface area contributed by atoms with Crippen molar-refractivity contribution in [3.8, 4) is 5.75 Å². The molecule has 0 bridgehead atoms. The lowest BCUT2D eigenvalue weighted by molar-refractivity contribution is 0.200. The van der Waals surface area contributed by atoms with Crippen LogP contribution in [0.1, 0.15) is 18.6 Å². The number of ether oxygens (including phenoxy) is 1. The Morgan fingerprint density at radius 1 is 1.36 bits per heavy atom. The maximum Gasteiger partial charge on any atom is 0.488 e. The normalized spacial score (nSPS) is 12.4. The third kappa shape index (κ3) is 2.26. The van der Waals surface area contributed by atoms with Crippen molar-refractivity contribution in [3.63, 3.8) is 0 Å². The van der Waals surface area contributed by atoms with Crippen molar-refractivity contribution < 1.29 is 19.9 Å². The second kappa shape index (κ2) is 4.46. The van der Waals surface area contributed by atoms with Crippen LogP contribution in [0.2, 0.25) is 0 Å². The average Bonchev–Trinajstić information content (AvgIpc) is 2.16. The van der Waals surface area contributed by atoms with Gasteiger partial charge in [-0.15, -0.1) is 0 Å². The highest BCUT2D eigenvalue weighted by Gasteiger charge is 2.19. The van der Waals surface area contributed by atoms with E-state index in [2.05, 4.69) is 0 Å². The quantitative estimate of drug-likeness (QED) is 0.566. The van der Waals surface area contributed by atoms with Crippen LogP contribution in [-0.4, -0.2) is 29.4 Å². The Bertz CT molecular complexity index is 312. The first kappa shape index (κ1) is 11.0. The van der Waals surface area contributed by atoms with E-state index < -0.39 is 13.2 Å². The zero-order valence-electron chi connectivity index (χ0n) is 8.14. The van der Waals surface area contributed by atoms with Gasteiger partial charge in [-0.3, -0.25) is 0 Å². The minimum absolute atomic E-state index is 0.263. The van der Waals surface area contributed by atoms with Gasteiger partial charge in [-0.05, 0) is 30.1 Å². The van der Waals surface area contributed by atoms with E-state index in [0.29, 0.717) is 11.3 Å². The van der Waals surface area contributed by atoms with Crippen LogP contribution in [0.4, 0.5) is 0 Å². The Morgan fingerprint density at radius 3 is 2.43 bits per heavy atom. The van der Waals surface area contributed by atoms with Crippen LogP contribution in [-0.2, 0) is 0 Å².